The van der Waals surface area contributed by atoms with Crippen molar-refractivity contribution in [1.82, 2.24) is 10.2 Å². The Morgan fingerprint density at radius 3 is 2.48 bits per heavy atom. The average Bonchev–Trinajstić information content (AvgIpc) is 2.53. The van der Waals surface area contributed by atoms with Gasteiger partial charge in [0.15, 0.2) is 0 Å². The second-order valence-corrected chi connectivity index (χ2v) is 5.96. The number of benzene rings is 1. The summed E-state index contributed by atoms with van der Waals surface area (Å²) in [5, 5.41) is 3.48. The van der Waals surface area contributed by atoms with E-state index in [2.05, 4.69) is 24.2 Å². The van der Waals surface area contributed by atoms with Crippen molar-refractivity contribution >= 4 is 5.97 Å². The quantitative estimate of drug-likeness (QED) is 0.844. The first-order valence-electron chi connectivity index (χ1n) is 7.69. The lowest BCUT2D eigenvalue weighted by atomic mass is 9.89. The number of hydrogen-bond donors (Lipinski definition) is 1. The van der Waals surface area contributed by atoms with Crippen LogP contribution in [-0.2, 0) is 9.53 Å². The predicted octanol–water partition coefficient (Wildman–Crippen LogP) is 2.22. The normalized spacial score (nSPS) is 20.0. The molecule has 0 radical (unpaired) electrons. The molecule has 1 saturated heterocycles. The maximum atomic E-state index is 12.1. The summed E-state index contributed by atoms with van der Waals surface area (Å²) in [5.74, 6) is 0.387. The largest absolute Gasteiger partial charge is 0.468 e. The summed E-state index contributed by atoms with van der Waals surface area (Å²) in [7, 11) is 3.61. The van der Waals surface area contributed by atoms with Crippen molar-refractivity contribution in [3.05, 3.63) is 35.9 Å². The van der Waals surface area contributed by atoms with E-state index in [4.69, 9.17) is 4.74 Å². The smallest absolute Gasteiger partial charge is 0.327 e. The van der Waals surface area contributed by atoms with Crippen molar-refractivity contribution in [1.29, 1.82) is 0 Å². The van der Waals surface area contributed by atoms with Crippen LogP contribution < -0.4 is 5.32 Å². The van der Waals surface area contributed by atoms with Crippen LogP contribution >= 0.6 is 0 Å². The lowest BCUT2D eigenvalue weighted by molar-refractivity contribution is -0.143. The summed E-state index contributed by atoms with van der Waals surface area (Å²) in [6, 6.07) is 9.71. The molecule has 0 bridgehead atoms. The molecule has 116 valence electrons. The number of nitrogens with one attached hydrogen (secondary N) is 1. The molecule has 21 heavy (non-hydrogen) atoms. The maximum Gasteiger partial charge on any atom is 0.327 e. The highest BCUT2D eigenvalue weighted by atomic mass is 16.5. The van der Waals surface area contributed by atoms with Crippen molar-refractivity contribution < 1.29 is 9.53 Å². The zero-order chi connectivity index (χ0) is 15.2. The lowest BCUT2D eigenvalue weighted by Crippen LogP contribution is -2.44. The fraction of sp³-hybridized carbons (Fsp3) is 0.588. The fourth-order valence-corrected chi connectivity index (χ4v) is 2.99. The van der Waals surface area contributed by atoms with Crippen molar-refractivity contribution in [2.24, 2.45) is 5.92 Å². The molecule has 0 aromatic heterocycles. The summed E-state index contributed by atoms with van der Waals surface area (Å²) in [6.07, 6.45) is 2.35. The van der Waals surface area contributed by atoms with E-state index in [1.807, 2.05) is 30.3 Å². The standard InChI is InChI=1S/C17H26N2O2/c1-13(14-9-11-19(2)12-10-14)18-16(17(20)21-3)15-7-5-4-6-8-15/h4-8,13-14,16,18H,9-12H2,1-3H3. The molecule has 1 aliphatic heterocycles. The van der Waals surface area contributed by atoms with E-state index in [-0.39, 0.29) is 12.0 Å². The number of nitrogens with zero attached hydrogens (tertiary/aromatic N) is 1. The summed E-state index contributed by atoms with van der Waals surface area (Å²) in [5.41, 5.74) is 0.962. The van der Waals surface area contributed by atoms with Crippen LogP contribution in [0.5, 0.6) is 0 Å². The zero-order valence-electron chi connectivity index (χ0n) is 13.2. The maximum absolute atomic E-state index is 12.1. The number of rotatable bonds is 5. The molecular weight excluding hydrogens is 264 g/mol. The third-order valence-electron chi connectivity index (χ3n) is 4.47. The van der Waals surface area contributed by atoms with Gasteiger partial charge in [0.05, 0.1) is 7.11 Å². The van der Waals surface area contributed by atoms with E-state index in [9.17, 15) is 4.79 Å². The minimum Gasteiger partial charge on any atom is -0.468 e. The number of methoxy groups -OCH3 is 1. The Hall–Kier alpha value is -1.39. The molecule has 2 atom stereocenters. The lowest BCUT2D eigenvalue weighted by Gasteiger charge is -2.34. The van der Waals surface area contributed by atoms with Gasteiger partial charge in [-0.15, -0.1) is 0 Å². The molecular formula is C17H26N2O2. The number of carbonyl (C=O) groups is 1. The monoisotopic (exact) mass is 290 g/mol. The average molecular weight is 290 g/mol. The van der Waals surface area contributed by atoms with Gasteiger partial charge in [-0.3, -0.25) is 5.32 Å². The second-order valence-electron chi connectivity index (χ2n) is 5.96. The molecule has 1 aromatic carbocycles. The Balaban J connectivity index is 2.03. The van der Waals surface area contributed by atoms with Gasteiger partial charge in [0.25, 0.3) is 0 Å². The highest BCUT2D eigenvalue weighted by Crippen LogP contribution is 2.23. The highest BCUT2D eigenvalue weighted by molar-refractivity contribution is 5.77. The van der Waals surface area contributed by atoms with E-state index >= 15 is 0 Å². The first kappa shape index (κ1) is 16.0. The SMILES string of the molecule is COC(=O)C(NC(C)C1CCN(C)CC1)c1ccccc1. The van der Waals surface area contributed by atoms with Gasteiger partial charge < -0.3 is 9.64 Å². The number of piperidine rings is 1. The Kier molecular flexibility index (Phi) is 5.76. The highest BCUT2D eigenvalue weighted by Gasteiger charge is 2.28. The minimum absolute atomic E-state index is 0.221. The van der Waals surface area contributed by atoms with E-state index in [0.29, 0.717) is 12.0 Å². The van der Waals surface area contributed by atoms with Gasteiger partial charge in [-0.2, -0.15) is 0 Å². The number of esters is 1. The molecule has 1 aromatic rings. The summed E-state index contributed by atoms with van der Waals surface area (Å²) >= 11 is 0. The Labute approximate surface area is 127 Å². The van der Waals surface area contributed by atoms with Crippen LogP contribution in [0.2, 0.25) is 0 Å². The molecule has 1 N–H and O–H groups in total. The Bertz CT molecular complexity index is 441. The minimum atomic E-state index is -0.383. The first-order valence-corrected chi connectivity index (χ1v) is 7.69. The first-order chi connectivity index (χ1) is 10.1. The van der Waals surface area contributed by atoms with Crippen LogP contribution in [0.3, 0.4) is 0 Å². The van der Waals surface area contributed by atoms with Gasteiger partial charge in [0, 0.05) is 6.04 Å². The predicted molar refractivity (Wildman–Crippen MR) is 84.0 cm³/mol. The van der Waals surface area contributed by atoms with Gasteiger partial charge >= 0.3 is 5.97 Å². The Morgan fingerprint density at radius 2 is 1.90 bits per heavy atom. The van der Waals surface area contributed by atoms with Crippen molar-refractivity contribution in [2.45, 2.75) is 31.8 Å². The van der Waals surface area contributed by atoms with Gasteiger partial charge in [-0.1, -0.05) is 30.3 Å². The van der Waals surface area contributed by atoms with Gasteiger partial charge in [-0.05, 0) is 51.4 Å². The van der Waals surface area contributed by atoms with Crippen LogP contribution in [0.4, 0.5) is 0 Å². The summed E-state index contributed by atoms with van der Waals surface area (Å²) in [4.78, 5) is 14.4. The summed E-state index contributed by atoms with van der Waals surface area (Å²) < 4.78 is 4.96. The zero-order valence-corrected chi connectivity index (χ0v) is 13.2. The van der Waals surface area contributed by atoms with E-state index in [1.54, 1.807) is 0 Å². The molecule has 4 heteroatoms. The van der Waals surface area contributed by atoms with Gasteiger partial charge in [-0.25, -0.2) is 4.79 Å². The molecule has 4 nitrogen and oxygen atoms in total. The van der Waals surface area contributed by atoms with Crippen LogP contribution in [0.15, 0.2) is 30.3 Å². The van der Waals surface area contributed by atoms with Crippen LogP contribution in [0, 0.1) is 5.92 Å². The van der Waals surface area contributed by atoms with Crippen LogP contribution in [0.25, 0.3) is 0 Å². The molecule has 0 spiro atoms. The number of carbonyl (C=O) groups excluding carboxylic acids is 1. The number of ether oxygens (including phenoxy) is 1. The topological polar surface area (TPSA) is 41.6 Å². The van der Waals surface area contributed by atoms with Crippen LogP contribution in [-0.4, -0.2) is 44.2 Å². The molecule has 2 rings (SSSR count). The molecule has 1 heterocycles. The third-order valence-corrected chi connectivity index (χ3v) is 4.47. The number of hydrogen-bond acceptors (Lipinski definition) is 4. The summed E-state index contributed by atoms with van der Waals surface area (Å²) in [6.45, 7) is 4.44. The van der Waals surface area contributed by atoms with E-state index < -0.39 is 0 Å². The molecule has 0 aliphatic carbocycles. The Morgan fingerprint density at radius 1 is 1.29 bits per heavy atom. The molecule has 1 aliphatic rings. The van der Waals surface area contributed by atoms with Crippen molar-refractivity contribution in [2.75, 3.05) is 27.2 Å². The fourth-order valence-electron chi connectivity index (χ4n) is 2.99. The van der Waals surface area contributed by atoms with Crippen LogP contribution in [0.1, 0.15) is 31.4 Å². The van der Waals surface area contributed by atoms with Crippen molar-refractivity contribution in [3.8, 4) is 0 Å². The van der Waals surface area contributed by atoms with E-state index in [0.717, 1.165) is 18.7 Å². The second kappa shape index (κ2) is 7.57. The van der Waals surface area contributed by atoms with Gasteiger partial charge in [0.2, 0.25) is 0 Å². The molecule has 2 unspecified atom stereocenters. The molecule has 1 fully saturated rings. The van der Waals surface area contributed by atoms with Crippen molar-refractivity contribution in [3.63, 3.8) is 0 Å². The van der Waals surface area contributed by atoms with Gasteiger partial charge in [0.1, 0.15) is 6.04 Å². The van der Waals surface area contributed by atoms with E-state index in [1.165, 1.54) is 20.0 Å². The molecule has 0 saturated carbocycles. The number of likely N-dealkylation sites (tertiary alicyclic amines) is 1. The molecule has 0 amide bonds. The third kappa shape index (κ3) is 4.29.